The number of amides is 3. The molecule has 0 unspecified atom stereocenters. The fourth-order valence-electron chi connectivity index (χ4n) is 4.74. The zero-order valence-electron chi connectivity index (χ0n) is 16.0. The second-order valence-corrected chi connectivity index (χ2v) is 8.59. The highest BCUT2D eigenvalue weighted by molar-refractivity contribution is 6.33. The first kappa shape index (κ1) is 19.5. The van der Waals surface area contributed by atoms with Gasteiger partial charge in [0.25, 0.3) is 5.91 Å². The van der Waals surface area contributed by atoms with Crippen LogP contribution in [0.15, 0.2) is 24.3 Å². The summed E-state index contributed by atoms with van der Waals surface area (Å²) in [5, 5.41) is 14.1. The quantitative estimate of drug-likeness (QED) is 0.612. The van der Waals surface area contributed by atoms with Crippen LogP contribution in [-0.4, -0.2) is 72.9 Å². The topological polar surface area (TPSA) is 77.3 Å². The minimum atomic E-state index is -0.715. The van der Waals surface area contributed by atoms with Crippen LogP contribution in [0.5, 0.6) is 0 Å². The molecule has 3 aliphatic rings. The second kappa shape index (κ2) is 7.89. The van der Waals surface area contributed by atoms with Gasteiger partial charge in [-0.15, -0.1) is 0 Å². The zero-order valence-corrected chi connectivity index (χ0v) is 16.7. The van der Waals surface area contributed by atoms with Crippen molar-refractivity contribution >= 4 is 29.2 Å². The summed E-state index contributed by atoms with van der Waals surface area (Å²) in [5.74, 6) is -0.160. The first-order valence-electron chi connectivity index (χ1n) is 10.1. The number of para-hydroxylation sites is 1. The van der Waals surface area contributed by atoms with Crippen molar-refractivity contribution in [3.8, 4) is 0 Å². The Kier molecular flexibility index (Phi) is 5.49. The van der Waals surface area contributed by atoms with Gasteiger partial charge in [0.05, 0.1) is 43.4 Å². The van der Waals surface area contributed by atoms with Crippen LogP contribution in [0.1, 0.15) is 25.7 Å². The van der Waals surface area contributed by atoms with Gasteiger partial charge in [0, 0.05) is 0 Å². The number of quaternary nitrogens is 1. The van der Waals surface area contributed by atoms with Gasteiger partial charge in [0.2, 0.25) is 0 Å². The Labute approximate surface area is 170 Å². The molecule has 7 nitrogen and oxygen atoms in total. The molecule has 1 aromatic rings. The smallest absolute Gasteiger partial charge is 0.325 e. The van der Waals surface area contributed by atoms with E-state index in [0.29, 0.717) is 19.4 Å². The summed E-state index contributed by atoms with van der Waals surface area (Å²) in [7, 11) is 0. The van der Waals surface area contributed by atoms with Crippen molar-refractivity contribution in [3.05, 3.63) is 29.3 Å². The molecular weight excluding hydrogens is 380 g/mol. The number of nitrogens with one attached hydrogen (secondary N) is 2. The summed E-state index contributed by atoms with van der Waals surface area (Å²) in [6.45, 7) is 4.08. The molecule has 1 saturated carbocycles. The number of aliphatic hydroxyl groups is 1. The summed E-state index contributed by atoms with van der Waals surface area (Å²) < 4.78 is 0. The van der Waals surface area contributed by atoms with Crippen molar-refractivity contribution in [3.63, 3.8) is 0 Å². The van der Waals surface area contributed by atoms with E-state index in [2.05, 4.69) is 10.2 Å². The number of carbonyl (C=O) groups excluding carboxylic acids is 2. The van der Waals surface area contributed by atoms with Gasteiger partial charge in [-0.05, 0) is 25.0 Å². The fraction of sp³-hybridized carbons (Fsp3) is 0.600. The van der Waals surface area contributed by atoms with Crippen molar-refractivity contribution in [1.82, 2.24) is 10.2 Å². The first-order chi connectivity index (χ1) is 13.5. The molecular formula is C20H28ClN4O3+. The van der Waals surface area contributed by atoms with E-state index >= 15 is 0 Å². The van der Waals surface area contributed by atoms with Crippen LogP contribution >= 0.6 is 11.6 Å². The molecule has 3 fully saturated rings. The lowest BCUT2D eigenvalue weighted by Crippen LogP contribution is -3.16. The van der Waals surface area contributed by atoms with Crippen LogP contribution in [0.2, 0.25) is 5.02 Å². The van der Waals surface area contributed by atoms with Crippen molar-refractivity contribution in [2.24, 2.45) is 0 Å². The number of carbonyl (C=O) groups is 2. The maximum Gasteiger partial charge on any atom is 0.325 e. The maximum absolute atomic E-state index is 12.7. The van der Waals surface area contributed by atoms with Crippen molar-refractivity contribution < 1.29 is 19.6 Å². The number of imide groups is 1. The molecule has 2 aliphatic heterocycles. The summed E-state index contributed by atoms with van der Waals surface area (Å²) in [6, 6.07) is 7.48. The molecule has 8 heteroatoms. The Balaban J connectivity index is 1.28. The Morgan fingerprint density at radius 3 is 2.54 bits per heavy atom. The number of urea groups is 1. The van der Waals surface area contributed by atoms with Gasteiger partial charge in [-0.2, -0.15) is 0 Å². The van der Waals surface area contributed by atoms with E-state index < -0.39 is 11.6 Å². The summed E-state index contributed by atoms with van der Waals surface area (Å²) >= 11 is 6.29. The Hall–Kier alpha value is -1.83. The summed E-state index contributed by atoms with van der Waals surface area (Å²) in [6.07, 6.45) is 2.62. The fourth-order valence-corrected chi connectivity index (χ4v) is 5.00. The van der Waals surface area contributed by atoms with Crippen molar-refractivity contribution in [2.45, 2.75) is 37.3 Å². The van der Waals surface area contributed by atoms with Crippen LogP contribution in [0.4, 0.5) is 10.5 Å². The standard InChI is InChI=1S/C20H27ClN4O3/c21-16-5-1-2-6-17(16)24-11-9-23(10-12-24)13-15(26)14-25-18(27)20(22-19(25)28)7-3-4-8-20/h1-2,5-6,15,26H,3-4,7-14H2,(H,22,28)/p+1/t15-/m1/s1. The molecule has 28 heavy (non-hydrogen) atoms. The highest BCUT2D eigenvalue weighted by Gasteiger charge is 2.52. The molecule has 3 amide bonds. The lowest BCUT2D eigenvalue weighted by Gasteiger charge is -2.35. The predicted octanol–water partition coefficient (Wildman–Crippen LogP) is 0.270. The van der Waals surface area contributed by atoms with Gasteiger partial charge in [0.1, 0.15) is 18.2 Å². The van der Waals surface area contributed by atoms with Gasteiger partial charge in [-0.1, -0.05) is 36.6 Å². The Morgan fingerprint density at radius 2 is 1.86 bits per heavy atom. The number of benzene rings is 1. The van der Waals surface area contributed by atoms with Gasteiger partial charge in [-0.3, -0.25) is 9.69 Å². The van der Waals surface area contributed by atoms with Crippen molar-refractivity contribution in [1.29, 1.82) is 0 Å². The lowest BCUT2D eigenvalue weighted by atomic mass is 9.98. The largest absolute Gasteiger partial charge is 0.385 e. The molecule has 1 aromatic carbocycles. The van der Waals surface area contributed by atoms with E-state index in [1.54, 1.807) is 0 Å². The highest BCUT2D eigenvalue weighted by atomic mass is 35.5. The lowest BCUT2D eigenvalue weighted by molar-refractivity contribution is -0.903. The van der Waals surface area contributed by atoms with Gasteiger partial charge in [-0.25, -0.2) is 4.79 Å². The van der Waals surface area contributed by atoms with Crippen LogP contribution in [0.25, 0.3) is 0 Å². The predicted molar refractivity (Wildman–Crippen MR) is 107 cm³/mol. The molecule has 0 aromatic heterocycles. The van der Waals surface area contributed by atoms with E-state index in [1.165, 1.54) is 9.80 Å². The molecule has 0 radical (unpaired) electrons. The third-order valence-electron chi connectivity index (χ3n) is 6.28. The van der Waals surface area contributed by atoms with Crippen LogP contribution in [0.3, 0.4) is 0 Å². The normalized spacial score (nSPS) is 23.5. The van der Waals surface area contributed by atoms with Crippen LogP contribution in [-0.2, 0) is 4.79 Å². The number of anilines is 1. The van der Waals surface area contributed by atoms with Crippen LogP contribution < -0.4 is 15.1 Å². The molecule has 0 bridgehead atoms. The summed E-state index contributed by atoms with van der Waals surface area (Å²) in [4.78, 5) is 29.7. The number of hydrogen-bond acceptors (Lipinski definition) is 4. The zero-order chi connectivity index (χ0) is 19.7. The van der Waals surface area contributed by atoms with E-state index in [0.717, 1.165) is 49.7 Å². The number of β-amino-alcohol motifs (C(OH)–C–C–N with tert-alkyl or cyclic N) is 1. The average molecular weight is 408 g/mol. The molecule has 4 rings (SSSR count). The molecule has 3 N–H and O–H groups in total. The van der Waals surface area contributed by atoms with E-state index in [9.17, 15) is 14.7 Å². The second-order valence-electron chi connectivity index (χ2n) is 8.18. The maximum atomic E-state index is 12.7. The Bertz CT molecular complexity index is 745. The van der Waals surface area contributed by atoms with E-state index in [1.807, 2.05) is 24.3 Å². The number of nitrogens with zero attached hydrogens (tertiary/aromatic N) is 2. The molecule has 152 valence electrons. The van der Waals surface area contributed by atoms with Gasteiger partial charge in [0.15, 0.2) is 0 Å². The molecule has 1 aliphatic carbocycles. The minimum Gasteiger partial charge on any atom is -0.385 e. The number of halogens is 1. The monoisotopic (exact) mass is 407 g/mol. The van der Waals surface area contributed by atoms with Crippen LogP contribution in [0, 0.1) is 0 Å². The SMILES string of the molecule is O=C1NC2(CCCC2)C(=O)N1C[C@H](O)C[NH+]1CCN(c2ccccc2Cl)CC1. The van der Waals surface area contributed by atoms with Gasteiger partial charge >= 0.3 is 6.03 Å². The molecule has 1 spiro atoms. The highest BCUT2D eigenvalue weighted by Crippen LogP contribution is 2.35. The summed E-state index contributed by atoms with van der Waals surface area (Å²) in [5.41, 5.74) is 0.342. The Morgan fingerprint density at radius 1 is 1.18 bits per heavy atom. The van der Waals surface area contributed by atoms with E-state index in [-0.39, 0.29) is 18.5 Å². The average Bonchev–Trinajstić information content (AvgIpc) is 3.24. The molecule has 2 saturated heterocycles. The van der Waals surface area contributed by atoms with E-state index in [4.69, 9.17) is 11.6 Å². The first-order valence-corrected chi connectivity index (χ1v) is 10.5. The number of rotatable bonds is 5. The number of aliphatic hydroxyl groups excluding tert-OH is 1. The molecule has 1 atom stereocenters. The number of hydrogen-bond donors (Lipinski definition) is 3. The minimum absolute atomic E-state index is 0.0736. The third kappa shape index (κ3) is 3.71. The molecule has 2 heterocycles. The van der Waals surface area contributed by atoms with Gasteiger partial charge < -0.3 is 20.2 Å². The van der Waals surface area contributed by atoms with Crippen molar-refractivity contribution in [2.75, 3.05) is 44.2 Å². The third-order valence-corrected chi connectivity index (χ3v) is 6.60. The number of piperazine rings is 1.